The van der Waals surface area contributed by atoms with Crippen molar-refractivity contribution in [3.05, 3.63) is 39.4 Å². The van der Waals surface area contributed by atoms with E-state index in [1.165, 1.54) is 6.07 Å². The third kappa shape index (κ3) is 3.75. The van der Waals surface area contributed by atoms with E-state index >= 15 is 0 Å². The molecule has 1 N–H and O–H groups in total. The van der Waals surface area contributed by atoms with Gasteiger partial charge in [-0.1, -0.05) is 6.07 Å². The highest BCUT2D eigenvalue weighted by Crippen LogP contribution is 2.18. The van der Waals surface area contributed by atoms with Crippen molar-refractivity contribution in [3.8, 4) is 5.75 Å². The first-order valence-electron chi connectivity index (χ1n) is 5.02. The van der Waals surface area contributed by atoms with Crippen LogP contribution in [0.1, 0.15) is 22.8 Å². The van der Waals surface area contributed by atoms with Gasteiger partial charge in [0.05, 0.1) is 5.56 Å². The molecule has 0 radical (unpaired) electrons. The van der Waals surface area contributed by atoms with Gasteiger partial charge in [0, 0.05) is 4.92 Å². The molecular formula is C11H13NO5. The molecule has 6 nitrogen and oxygen atoms in total. The Balaban J connectivity index is 2.82. The molecule has 1 atom stereocenters. The third-order valence-corrected chi connectivity index (χ3v) is 2.18. The van der Waals surface area contributed by atoms with Gasteiger partial charge in [-0.3, -0.25) is 10.1 Å². The van der Waals surface area contributed by atoms with Crippen LogP contribution >= 0.6 is 0 Å². The molecule has 0 heterocycles. The highest BCUT2D eigenvalue weighted by Gasteiger charge is 2.13. The number of nitrogens with zero attached hydrogens (tertiary/aromatic N) is 1. The van der Waals surface area contributed by atoms with Crippen molar-refractivity contribution < 1.29 is 19.6 Å². The molecule has 6 heteroatoms. The second kappa shape index (κ2) is 5.29. The lowest BCUT2D eigenvalue weighted by Crippen LogP contribution is -2.22. The fourth-order valence-corrected chi connectivity index (χ4v) is 1.38. The van der Waals surface area contributed by atoms with Crippen LogP contribution in [0, 0.1) is 17.0 Å². The maximum absolute atomic E-state index is 10.9. The molecule has 92 valence electrons. The van der Waals surface area contributed by atoms with E-state index in [2.05, 4.69) is 0 Å². The van der Waals surface area contributed by atoms with Crippen molar-refractivity contribution in [1.82, 2.24) is 0 Å². The van der Waals surface area contributed by atoms with Gasteiger partial charge in [-0.2, -0.15) is 0 Å². The molecular weight excluding hydrogens is 226 g/mol. The predicted molar refractivity (Wildman–Crippen MR) is 60.1 cm³/mol. The maximum atomic E-state index is 10.9. The van der Waals surface area contributed by atoms with Gasteiger partial charge in [0.1, 0.15) is 5.75 Å². The number of aromatic carboxylic acids is 1. The predicted octanol–water partition coefficient (Wildman–Crippen LogP) is 1.74. The Morgan fingerprint density at radius 3 is 2.76 bits per heavy atom. The number of hydrogen-bond acceptors (Lipinski definition) is 4. The Morgan fingerprint density at radius 2 is 2.24 bits per heavy atom. The number of carbonyl (C=O) groups is 1. The number of aryl methyl sites for hydroxylation is 1. The number of carboxylic acids is 1. The maximum Gasteiger partial charge on any atom is 0.336 e. The molecule has 0 aliphatic carbocycles. The van der Waals surface area contributed by atoms with Gasteiger partial charge in [-0.05, 0) is 31.5 Å². The molecule has 1 unspecified atom stereocenters. The molecule has 1 rings (SSSR count). The highest BCUT2D eigenvalue weighted by atomic mass is 16.6. The van der Waals surface area contributed by atoms with E-state index in [1.54, 1.807) is 26.0 Å². The van der Waals surface area contributed by atoms with Crippen LogP contribution in [0.2, 0.25) is 0 Å². The lowest BCUT2D eigenvalue weighted by Gasteiger charge is -2.12. The molecule has 1 aromatic carbocycles. The van der Waals surface area contributed by atoms with Gasteiger partial charge in [-0.15, -0.1) is 0 Å². The van der Waals surface area contributed by atoms with Gasteiger partial charge >= 0.3 is 5.97 Å². The van der Waals surface area contributed by atoms with E-state index in [4.69, 9.17) is 9.84 Å². The molecule has 0 fully saturated rings. The van der Waals surface area contributed by atoms with Gasteiger partial charge in [-0.25, -0.2) is 4.79 Å². The number of ether oxygens (including phenoxy) is 1. The second-order valence-corrected chi connectivity index (χ2v) is 3.73. The average molecular weight is 239 g/mol. The van der Waals surface area contributed by atoms with Crippen LogP contribution in [0.5, 0.6) is 5.75 Å². The molecule has 0 aliphatic heterocycles. The molecule has 0 spiro atoms. The van der Waals surface area contributed by atoms with Gasteiger partial charge in [0.2, 0.25) is 6.54 Å². The summed E-state index contributed by atoms with van der Waals surface area (Å²) in [6.45, 7) is 2.91. The van der Waals surface area contributed by atoms with Crippen molar-refractivity contribution in [2.45, 2.75) is 20.0 Å². The molecule has 0 saturated heterocycles. The number of carboxylic acid groups (broad SMARTS) is 1. The van der Waals surface area contributed by atoms with Gasteiger partial charge in [0.15, 0.2) is 6.10 Å². The quantitative estimate of drug-likeness (QED) is 0.624. The van der Waals surface area contributed by atoms with Gasteiger partial charge in [0.25, 0.3) is 0 Å². The van der Waals surface area contributed by atoms with Crippen molar-refractivity contribution in [3.63, 3.8) is 0 Å². The summed E-state index contributed by atoms with van der Waals surface area (Å²) in [6.07, 6.45) is -0.602. The zero-order valence-corrected chi connectivity index (χ0v) is 9.54. The van der Waals surface area contributed by atoms with Gasteiger partial charge < -0.3 is 9.84 Å². The molecule has 0 bridgehead atoms. The Morgan fingerprint density at radius 1 is 1.59 bits per heavy atom. The summed E-state index contributed by atoms with van der Waals surface area (Å²) in [5.41, 5.74) is 0.752. The van der Waals surface area contributed by atoms with Crippen molar-refractivity contribution in [1.29, 1.82) is 0 Å². The topological polar surface area (TPSA) is 89.7 Å². The minimum absolute atomic E-state index is 0.135. The molecule has 0 aromatic heterocycles. The number of nitro groups is 1. The standard InChI is InChI=1S/C11H13NO5/c1-7-3-4-9(5-10(7)11(13)14)17-8(2)6-12(15)16/h3-5,8H,6H2,1-2H3,(H,13,14). The highest BCUT2D eigenvalue weighted by molar-refractivity contribution is 5.89. The minimum Gasteiger partial charge on any atom is -0.484 e. The van der Waals surface area contributed by atoms with E-state index in [-0.39, 0.29) is 12.1 Å². The third-order valence-electron chi connectivity index (χ3n) is 2.18. The molecule has 0 saturated carbocycles. The van der Waals surface area contributed by atoms with Crippen molar-refractivity contribution >= 4 is 5.97 Å². The van der Waals surface area contributed by atoms with Crippen LogP contribution in [-0.4, -0.2) is 28.6 Å². The Hall–Kier alpha value is -2.11. The first-order chi connectivity index (χ1) is 7.90. The van der Waals surface area contributed by atoms with Crippen molar-refractivity contribution in [2.24, 2.45) is 0 Å². The fourth-order valence-electron chi connectivity index (χ4n) is 1.38. The Kier molecular flexibility index (Phi) is 4.03. The summed E-state index contributed by atoms with van der Waals surface area (Å²) in [5, 5.41) is 19.2. The second-order valence-electron chi connectivity index (χ2n) is 3.73. The van der Waals surface area contributed by atoms with Crippen LogP contribution < -0.4 is 4.74 Å². The zero-order chi connectivity index (χ0) is 13.0. The monoisotopic (exact) mass is 239 g/mol. The van der Waals surface area contributed by atoms with Crippen LogP contribution in [0.3, 0.4) is 0 Å². The van der Waals surface area contributed by atoms with E-state index in [0.29, 0.717) is 11.3 Å². The molecule has 0 aliphatic rings. The summed E-state index contributed by atoms with van der Waals surface area (Å²) in [6, 6.07) is 4.57. The summed E-state index contributed by atoms with van der Waals surface area (Å²) in [7, 11) is 0. The fraction of sp³-hybridized carbons (Fsp3) is 0.364. The SMILES string of the molecule is Cc1ccc(OC(C)C[N+](=O)[O-])cc1C(=O)O. The summed E-state index contributed by atoms with van der Waals surface area (Å²) in [4.78, 5) is 20.7. The molecule has 1 aromatic rings. The summed E-state index contributed by atoms with van der Waals surface area (Å²) < 4.78 is 5.27. The summed E-state index contributed by atoms with van der Waals surface area (Å²) >= 11 is 0. The smallest absolute Gasteiger partial charge is 0.336 e. The van der Waals surface area contributed by atoms with E-state index in [0.717, 1.165) is 0 Å². The summed E-state index contributed by atoms with van der Waals surface area (Å²) in [5.74, 6) is -0.725. The average Bonchev–Trinajstić information content (AvgIpc) is 2.19. The first kappa shape index (κ1) is 13.0. The largest absolute Gasteiger partial charge is 0.484 e. The zero-order valence-electron chi connectivity index (χ0n) is 9.54. The Bertz CT molecular complexity index is 443. The van der Waals surface area contributed by atoms with E-state index in [9.17, 15) is 14.9 Å². The van der Waals surface area contributed by atoms with E-state index in [1.807, 2.05) is 0 Å². The minimum atomic E-state index is -1.05. The number of hydrogen-bond donors (Lipinski definition) is 1. The van der Waals surface area contributed by atoms with Crippen LogP contribution in [0.15, 0.2) is 18.2 Å². The number of rotatable bonds is 5. The van der Waals surface area contributed by atoms with E-state index < -0.39 is 17.0 Å². The lowest BCUT2D eigenvalue weighted by atomic mass is 10.1. The normalized spacial score (nSPS) is 11.9. The first-order valence-corrected chi connectivity index (χ1v) is 5.02. The van der Waals surface area contributed by atoms with Crippen LogP contribution in [0.4, 0.5) is 0 Å². The van der Waals surface area contributed by atoms with Crippen LogP contribution in [-0.2, 0) is 0 Å². The van der Waals surface area contributed by atoms with Crippen LogP contribution in [0.25, 0.3) is 0 Å². The Labute approximate surface area is 98.0 Å². The number of benzene rings is 1. The molecule has 0 amide bonds. The lowest BCUT2D eigenvalue weighted by molar-refractivity contribution is -0.488. The molecule has 17 heavy (non-hydrogen) atoms. The van der Waals surface area contributed by atoms with Crippen molar-refractivity contribution in [2.75, 3.05) is 6.54 Å².